The number of carboxylic acids is 1. The number of benzene rings is 3. The van der Waals surface area contributed by atoms with Crippen LogP contribution in [0.2, 0.25) is 5.02 Å². The summed E-state index contributed by atoms with van der Waals surface area (Å²) >= 11 is 5.87. The van der Waals surface area contributed by atoms with E-state index in [2.05, 4.69) is 4.72 Å². The molecule has 0 unspecified atom stereocenters. The van der Waals surface area contributed by atoms with E-state index in [0.717, 1.165) is 17.7 Å². The van der Waals surface area contributed by atoms with Crippen LogP contribution >= 0.6 is 11.6 Å². The number of sulfonamides is 1. The molecular weight excluding hydrogens is 390 g/mol. The second-order valence-electron chi connectivity index (χ2n) is 5.68. The van der Waals surface area contributed by atoms with Crippen molar-refractivity contribution in [1.82, 2.24) is 0 Å². The molecule has 0 amide bonds. The number of phenols is 1. The van der Waals surface area contributed by atoms with Gasteiger partial charge in [-0.25, -0.2) is 13.2 Å². The molecule has 138 valence electrons. The normalized spacial score (nSPS) is 11.1. The third kappa shape index (κ3) is 4.21. The molecule has 8 heteroatoms. The molecule has 27 heavy (non-hydrogen) atoms. The number of rotatable bonds is 5. The summed E-state index contributed by atoms with van der Waals surface area (Å²) in [4.78, 5) is 11.0. The lowest BCUT2D eigenvalue weighted by molar-refractivity contribution is 0.0694. The lowest BCUT2D eigenvalue weighted by atomic mass is 10.1. The second kappa shape index (κ2) is 7.30. The minimum Gasteiger partial charge on any atom is -0.507 e. The third-order valence-corrected chi connectivity index (χ3v) is 5.43. The highest BCUT2D eigenvalue weighted by Crippen LogP contribution is 2.27. The van der Waals surface area contributed by atoms with E-state index in [4.69, 9.17) is 16.7 Å². The standard InChI is InChI=1S/C19H14ClNO5S/c20-14-6-4-12(5-7-14)13-2-1-3-16(10-13)27(25,26)21-15-8-9-17(19(23)24)18(22)11-15/h1-11,21-22H,(H,23,24). The monoisotopic (exact) mass is 403 g/mol. The SMILES string of the molecule is O=C(O)c1ccc(NS(=O)(=O)c2cccc(-c3ccc(Cl)cc3)c2)cc1O. The molecule has 0 saturated carbocycles. The topological polar surface area (TPSA) is 104 Å². The molecule has 3 aromatic rings. The van der Waals surface area contributed by atoms with Crippen LogP contribution in [-0.4, -0.2) is 24.6 Å². The Morgan fingerprint density at radius 2 is 1.63 bits per heavy atom. The Labute approximate surface area is 160 Å². The second-order valence-corrected chi connectivity index (χ2v) is 7.80. The first-order valence-corrected chi connectivity index (χ1v) is 9.57. The fraction of sp³-hybridized carbons (Fsp3) is 0. The lowest BCUT2D eigenvalue weighted by Gasteiger charge is -2.11. The van der Waals surface area contributed by atoms with Gasteiger partial charge in [-0.15, -0.1) is 0 Å². The molecule has 0 saturated heterocycles. The van der Waals surface area contributed by atoms with E-state index in [1.807, 2.05) is 0 Å². The predicted molar refractivity (Wildman–Crippen MR) is 103 cm³/mol. The number of halogens is 1. The van der Waals surface area contributed by atoms with Crippen LogP contribution in [0, 0.1) is 0 Å². The molecule has 0 aliphatic carbocycles. The average Bonchev–Trinajstić information content (AvgIpc) is 2.62. The molecular formula is C19H14ClNO5S. The van der Waals surface area contributed by atoms with E-state index in [0.29, 0.717) is 10.6 Å². The van der Waals surface area contributed by atoms with Crippen molar-refractivity contribution >= 4 is 33.3 Å². The van der Waals surface area contributed by atoms with Crippen LogP contribution in [0.25, 0.3) is 11.1 Å². The van der Waals surface area contributed by atoms with Crippen molar-refractivity contribution in [2.24, 2.45) is 0 Å². The summed E-state index contributed by atoms with van der Waals surface area (Å²) in [6.07, 6.45) is 0. The Morgan fingerprint density at radius 1 is 0.926 bits per heavy atom. The van der Waals surface area contributed by atoms with Crippen molar-refractivity contribution in [3.8, 4) is 16.9 Å². The minimum atomic E-state index is -3.94. The fourth-order valence-corrected chi connectivity index (χ4v) is 3.70. The molecule has 0 bridgehead atoms. The molecule has 3 rings (SSSR count). The van der Waals surface area contributed by atoms with Gasteiger partial charge in [0.15, 0.2) is 0 Å². The van der Waals surface area contributed by atoms with Crippen LogP contribution < -0.4 is 4.72 Å². The molecule has 0 spiro atoms. The number of carbonyl (C=O) groups is 1. The Kier molecular flexibility index (Phi) is 5.07. The van der Waals surface area contributed by atoms with E-state index >= 15 is 0 Å². The average molecular weight is 404 g/mol. The van der Waals surface area contributed by atoms with E-state index in [1.54, 1.807) is 36.4 Å². The summed E-state index contributed by atoms with van der Waals surface area (Å²) in [7, 11) is -3.94. The van der Waals surface area contributed by atoms with E-state index in [9.17, 15) is 18.3 Å². The van der Waals surface area contributed by atoms with Gasteiger partial charge in [0, 0.05) is 11.1 Å². The maximum Gasteiger partial charge on any atom is 0.339 e. The van der Waals surface area contributed by atoms with Gasteiger partial charge in [-0.2, -0.15) is 0 Å². The largest absolute Gasteiger partial charge is 0.507 e. The molecule has 0 heterocycles. The summed E-state index contributed by atoms with van der Waals surface area (Å²) < 4.78 is 27.6. The molecule has 3 N–H and O–H groups in total. The van der Waals surface area contributed by atoms with Crippen molar-refractivity contribution < 1.29 is 23.4 Å². The molecule has 6 nitrogen and oxygen atoms in total. The zero-order valence-electron chi connectivity index (χ0n) is 13.8. The maximum absolute atomic E-state index is 12.6. The Morgan fingerprint density at radius 3 is 2.26 bits per heavy atom. The van der Waals surface area contributed by atoms with Gasteiger partial charge in [0.2, 0.25) is 0 Å². The van der Waals surface area contributed by atoms with Crippen molar-refractivity contribution in [3.05, 3.63) is 77.3 Å². The van der Waals surface area contributed by atoms with Crippen LogP contribution in [0.15, 0.2) is 71.6 Å². The van der Waals surface area contributed by atoms with E-state index in [-0.39, 0.29) is 16.1 Å². The van der Waals surface area contributed by atoms with Gasteiger partial charge in [-0.05, 0) is 47.5 Å². The number of anilines is 1. The van der Waals surface area contributed by atoms with Crippen LogP contribution in [0.1, 0.15) is 10.4 Å². The summed E-state index contributed by atoms with van der Waals surface area (Å²) in [5, 5.41) is 19.2. The summed E-state index contributed by atoms with van der Waals surface area (Å²) in [5.74, 6) is -1.84. The summed E-state index contributed by atoms with van der Waals surface area (Å²) in [6.45, 7) is 0. The molecule has 0 aliphatic rings. The van der Waals surface area contributed by atoms with Gasteiger partial charge >= 0.3 is 5.97 Å². The first kappa shape index (κ1) is 18.8. The molecule has 0 aliphatic heterocycles. The molecule has 3 aromatic carbocycles. The molecule has 0 fully saturated rings. The Balaban J connectivity index is 1.91. The van der Waals surface area contributed by atoms with Crippen LogP contribution in [0.5, 0.6) is 5.75 Å². The number of aromatic hydroxyl groups is 1. The first-order chi connectivity index (χ1) is 12.8. The number of nitrogens with one attached hydrogen (secondary N) is 1. The van der Waals surface area contributed by atoms with Gasteiger partial charge in [0.25, 0.3) is 10.0 Å². The number of aromatic carboxylic acids is 1. The van der Waals surface area contributed by atoms with Crippen LogP contribution in [-0.2, 0) is 10.0 Å². The molecule has 0 aromatic heterocycles. The highest BCUT2D eigenvalue weighted by atomic mass is 35.5. The first-order valence-electron chi connectivity index (χ1n) is 7.71. The third-order valence-electron chi connectivity index (χ3n) is 3.80. The minimum absolute atomic E-state index is 0.0248. The number of hydrogen-bond donors (Lipinski definition) is 3. The van der Waals surface area contributed by atoms with Crippen LogP contribution in [0.3, 0.4) is 0 Å². The maximum atomic E-state index is 12.6. The van der Waals surface area contributed by atoms with Crippen molar-refractivity contribution in [2.75, 3.05) is 4.72 Å². The lowest BCUT2D eigenvalue weighted by Crippen LogP contribution is -2.13. The van der Waals surface area contributed by atoms with E-state index in [1.165, 1.54) is 18.2 Å². The molecule has 0 radical (unpaired) electrons. The van der Waals surface area contributed by atoms with Crippen molar-refractivity contribution in [2.45, 2.75) is 4.90 Å². The van der Waals surface area contributed by atoms with Crippen LogP contribution in [0.4, 0.5) is 5.69 Å². The Hall–Kier alpha value is -3.03. The number of carboxylic acid groups (broad SMARTS) is 1. The summed E-state index contributed by atoms with van der Waals surface area (Å²) in [5.41, 5.74) is 1.23. The highest BCUT2D eigenvalue weighted by molar-refractivity contribution is 7.92. The van der Waals surface area contributed by atoms with Gasteiger partial charge in [0.1, 0.15) is 11.3 Å². The van der Waals surface area contributed by atoms with Crippen molar-refractivity contribution in [3.63, 3.8) is 0 Å². The predicted octanol–water partition coefficient (Wildman–Crippen LogP) is 4.21. The highest BCUT2D eigenvalue weighted by Gasteiger charge is 2.17. The Bertz CT molecular complexity index is 1110. The van der Waals surface area contributed by atoms with Gasteiger partial charge in [-0.3, -0.25) is 4.72 Å². The van der Waals surface area contributed by atoms with Gasteiger partial charge < -0.3 is 10.2 Å². The summed E-state index contributed by atoms with van der Waals surface area (Å²) in [6, 6.07) is 16.8. The zero-order valence-corrected chi connectivity index (χ0v) is 15.3. The van der Waals surface area contributed by atoms with Crippen molar-refractivity contribution in [1.29, 1.82) is 0 Å². The fourth-order valence-electron chi connectivity index (χ4n) is 2.48. The molecule has 0 atom stereocenters. The zero-order chi connectivity index (χ0) is 19.6. The smallest absolute Gasteiger partial charge is 0.339 e. The quantitative estimate of drug-likeness (QED) is 0.592. The van der Waals surface area contributed by atoms with Gasteiger partial charge in [0.05, 0.1) is 10.6 Å². The number of hydrogen-bond acceptors (Lipinski definition) is 4. The van der Waals surface area contributed by atoms with Gasteiger partial charge in [-0.1, -0.05) is 35.9 Å². The van der Waals surface area contributed by atoms with E-state index < -0.39 is 21.7 Å².